The van der Waals surface area contributed by atoms with Gasteiger partial charge in [-0.1, -0.05) is 32.0 Å². The number of hydrogen-bond donors (Lipinski definition) is 2. The predicted molar refractivity (Wildman–Crippen MR) is 103 cm³/mol. The second-order valence-corrected chi connectivity index (χ2v) is 6.31. The number of benzene rings is 1. The number of nitrogens with zero attached hydrogens (tertiary/aromatic N) is 1. The van der Waals surface area contributed by atoms with Crippen molar-refractivity contribution in [2.24, 2.45) is 4.99 Å². The largest absolute Gasteiger partial charge is 0.376 e. The van der Waals surface area contributed by atoms with Gasteiger partial charge in [0.15, 0.2) is 5.96 Å². The molecule has 4 nitrogen and oxygen atoms in total. The SMILES string of the molecule is CN=C(NCC1CCCO1)NCC(C)(C)c1ccccc1F.I. The zero-order valence-corrected chi connectivity index (χ0v) is 16.4. The lowest BCUT2D eigenvalue weighted by Crippen LogP contribution is -2.45. The Morgan fingerprint density at radius 2 is 2.09 bits per heavy atom. The van der Waals surface area contributed by atoms with Crippen LogP contribution in [-0.2, 0) is 10.2 Å². The highest BCUT2D eigenvalue weighted by atomic mass is 127. The van der Waals surface area contributed by atoms with Crippen LogP contribution in [0.3, 0.4) is 0 Å². The summed E-state index contributed by atoms with van der Waals surface area (Å²) >= 11 is 0. The Hall–Kier alpha value is -0.890. The minimum atomic E-state index is -0.327. The van der Waals surface area contributed by atoms with Gasteiger partial charge in [-0.25, -0.2) is 4.39 Å². The van der Waals surface area contributed by atoms with Gasteiger partial charge in [0.25, 0.3) is 0 Å². The fourth-order valence-corrected chi connectivity index (χ4v) is 2.65. The van der Waals surface area contributed by atoms with E-state index in [1.54, 1.807) is 13.1 Å². The van der Waals surface area contributed by atoms with Gasteiger partial charge in [-0.05, 0) is 24.5 Å². The van der Waals surface area contributed by atoms with Gasteiger partial charge in [-0.3, -0.25) is 4.99 Å². The Morgan fingerprint density at radius 3 is 2.70 bits per heavy atom. The summed E-state index contributed by atoms with van der Waals surface area (Å²) in [6.07, 6.45) is 2.47. The van der Waals surface area contributed by atoms with Gasteiger partial charge in [0.1, 0.15) is 5.82 Å². The number of hydrogen-bond acceptors (Lipinski definition) is 2. The predicted octanol–water partition coefficient (Wildman–Crippen LogP) is 3.07. The van der Waals surface area contributed by atoms with Crippen molar-refractivity contribution in [1.29, 1.82) is 0 Å². The zero-order chi connectivity index (χ0) is 16.0. The fourth-order valence-electron chi connectivity index (χ4n) is 2.65. The first-order chi connectivity index (χ1) is 10.5. The van der Waals surface area contributed by atoms with Crippen molar-refractivity contribution in [2.75, 3.05) is 26.7 Å². The maximum Gasteiger partial charge on any atom is 0.191 e. The summed E-state index contributed by atoms with van der Waals surface area (Å²) in [5, 5.41) is 6.55. The van der Waals surface area contributed by atoms with E-state index in [1.165, 1.54) is 6.07 Å². The summed E-state index contributed by atoms with van der Waals surface area (Å²) < 4.78 is 19.5. The fraction of sp³-hybridized carbons (Fsp3) is 0.588. The summed E-state index contributed by atoms with van der Waals surface area (Å²) in [5.41, 5.74) is 0.379. The van der Waals surface area contributed by atoms with E-state index in [1.807, 2.05) is 26.0 Å². The first-order valence-electron chi connectivity index (χ1n) is 7.84. The highest BCUT2D eigenvalue weighted by molar-refractivity contribution is 14.0. The van der Waals surface area contributed by atoms with Gasteiger partial charge in [0, 0.05) is 32.2 Å². The number of ether oxygens (including phenoxy) is 1. The molecule has 2 rings (SSSR count). The van der Waals surface area contributed by atoms with Gasteiger partial charge in [0.05, 0.1) is 6.10 Å². The molecule has 1 aromatic rings. The molecule has 1 aromatic carbocycles. The third-order valence-corrected chi connectivity index (χ3v) is 4.05. The van der Waals surface area contributed by atoms with Gasteiger partial charge in [-0.2, -0.15) is 0 Å². The summed E-state index contributed by atoms with van der Waals surface area (Å²) in [6, 6.07) is 6.91. The third-order valence-electron chi connectivity index (χ3n) is 4.05. The van der Waals surface area contributed by atoms with E-state index in [4.69, 9.17) is 4.74 Å². The molecule has 1 atom stereocenters. The molecule has 2 N–H and O–H groups in total. The van der Waals surface area contributed by atoms with Crippen molar-refractivity contribution in [1.82, 2.24) is 10.6 Å². The van der Waals surface area contributed by atoms with Gasteiger partial charge in [0.2, 0.25) is 0 Å². The lowest BCUT2D eigenvalue weighted by molar-refractivity contribution is 0.114. The van der Waals surface area contributed by atoms with E-state index in [9.17, 15) is 4.39 Å². The van der Waals surface area contributed by atoms with E-state index in [2.05, 4.69) is 15.6 Å². The number of guanidine groups is 1. The second-order valence-electron chi connectivity index (χ2n) is 6.31. The molecule has 23 heavy (non-hydrogen) atoms. The topological polar surface area (TPSA) is 45.7 Å². The van der Waals surface area contributed by atoms with Gasteiger partial charge < -0.3 is 15.4 Å². The summed E-state index contributed by atoms with van der Waals surface area (Å²) in [5.74, 6) is 0.552. The Balaban J connectivity index is 0.00000264. The number of nitrogens with one attached hydrogen (secondary N) is 2. The molecule has 0 aromatic heterocycles. The van der Waals surface area contributed by atoms with Crippen molar-refractivity contribution >= 4 is 29.9 Å². The van der Waals surface area contributed by atoms with Crippen molar-refractivity contribution in [3.8, 4) is 0 Å². The van der Waals surface area contributed by atoms with Crippen LogP contribution in [-0.4, -0.2) is 38.8 Å². The van der Waals surface area contributed by atoms with Crippen LogP contribution in [0.2, 0.25) is 0 Å². The summed E-state index contributed by atoms with van der Waals surface area (Å²) in [4.78, 5) is 4.21. The molecule has 1 heterocycles. The first kappa shape index (κ1) is 20.2. The highest BCUT2D eigenvalue weighted by Crippen LogP contribution is 2.24. The lowest BCUT2D eigenvalue weighted by atomic mass is 9.84. The van der Waals surface area contributed by atoms with E-state index in [0.29, 0.717) is 12.1 Å². The maximum absolute atomic E-state index is 14.0. The van der Waals surface area contributed by atoms with Crippen molar-refractivity contribution < 1.29 is 9.13 Å². The molecule has 0 spiro atoms. The van der Waals surface area contributed by atoms with Crippen LogP contribution in [0.1, 0.15) is 32.3 Å². The minimum absolute atomic E-state index is 0. The summed E-state index contributed by atoms with van der Waals surface area (Å²) in [6.45, 7) is 6.23. The Bertz CT molecular complexity index is 516. The molecular weight excluding hydrogens is 408 g/mol. The van der Waals surface area contributed by atoms with Gasteiger partial charge >= 0.3 is 0 Å². The quantitative estimate of drug-likeness (QED) is 0.425. The molecule has 6 heteroatoms. The minimum Gasteiger partial charge on any atom is -0.376 e. The third kappa shape index (κ3) is 5.91. The molecule has 1 saturated heterocycles. The van der Waals surface area contributed by atoms with Crippen LogP contribution in [0.5, 0.6) is 0 Å². The smallest absolute Gasteiger partial charge is 0.191 e. The molecule has 1 aliphatic heterocycles. The number of rotatable bonds is 5. The Morgan fingerprint density at radius 1 is 1.35 bits per heavy atom. The van der Waals surface area contributed by atoms with Crippen molar-refractivity contribution in [3.05, 3.63) is 35.6 Å². The molecule has 0 aliphatic carbocycles. The average Bonchev–Trinajstić information content (AvgIpc) is 3.01. The number of aliphatic imine (C=N–C) groups is 1. The molecule has 0 amide bonds. The zero-order valence-electron chi connectivity index (χ0n) is 14.1. The average molecular weight is 435 g/mol. The summed E-state index contributed by atoms with van der Waals surface area (Å²) in [7, 11) is 1.74. The van der Waals surface area contributed by atoms with Crippen LogP contribution in [0.25, 0.3) is 0 Å². The second kappa shape index (κ2) is 9.42. The van der Waals surface area contributed by atoms with Crippen LogP contribution in [0.4, 0.5) is 4.39 Å². The van der Waals surface area contributed by atoms with Crippen LogP contribution in [0.15, 0.2) is 29.3 Å². The lowest BCUT2D eigenvalue weighted by Gasteiger charge is -2.27. The van der Waals surface area contributed by atoms with Crippen LogP contribution in [0, 0.1) is 5.82 Å². The molecule has 1 fully saturated rings. The van der Waals surface area contributed by atoms with Crippen molar-refractivity contribution in [2.45, 2.75) is 38.2 Å². The van der Waals surface area contributed by atoms with E-state index in [0.717, 1.165) is 32.0 Å². The maximum atomic E-state index is 14.0. The Labute approximate surface area is 155 Å². The molecule has 0 bridgehead atoms. The van der Waals surface area contributed by atoms with E-state index in [-0.39, 0.29) is 41.3 Å². The van der Waals surface area contributed by atoms with Crippen LogP contribution >= 0.6 is 24.0 Å². The van der Waals surface area contributed by atoms with E-state index >= 15 is 0 Å². The molecule has 1 aliphatic rings. The normalized spacial score (nSPS) is 18.4. The first-order valence-corrected chi connectivity index (χ1v) is 7.84. The molecule has 0 saturated carbocycles. The molecule has 1 unspecified atom stereocenters. The number of halogens is 2. The molecule has 0 radical (unpaired) electrons. The van der Waals surface area contributed by atoms with Crippen LogP contribution < -0.4 is 10.6 Å². The van der Waals surface area contributed by atoms with Gasteiger partial charge in [-0.15, -0.1) is 24.0 Å². The molecule has 130 valence electrons. The standard InChI is InChI=1S/C17H26FN3O.HI/c1-17(2,14-8-4-5-9-15(14)18)12-21-16(19-3)20-11-13-7-6-10-22-13;/h4-5,8-9,13H,6-7,10-12H2,1-3H3,(H2,19,20,21);1H. The molecular formula is C17H27FIN3O. The highest BCUT2D eigenvalue weighted by Gasteiger charge is 2.24. The Kier molecular flexibility index (Phi) is 8.25. The van der Waals surface area contributed by atoms with E-state index < -0.39 is 0 Å². The van der Waals surface area contributed by atoms with Crippen molar-refractivity contribution in [3.63, 3.8) is 0 Å². The monoisotopic (exact) mass is 435 g/mol.